The Labute approximate surface area is 190 Å². The zero-order valence-electron chi connectivity index (χ0n) is 18.5. The van der Waals surface area contributed by atoms with Gasteiger partial charge in [-0.2, -0.15) is 4.98 Å². The van der Waals surface area contributed by atoms with E-state index in [1.807, 2.05) is 6.92 Å². The molecule has 0 fully saturated rings. The normalized spacial score (nSPS) is 15.3. The summed E-state index contributed by atoms with van der Waals surface area (Å²) in [5, 5.41) is 8.46. The van der Waals surface area contributed by atoms with Crippen LogP contribution >= 0.6 is 11.8 Å². The molecule has 2 heterocycles. The molecule has 0 amide bonds. The molecule has 32 heavy (non-hydrogen) atoms. The second kappa shape index (κ2) is 9.16. The number of benzene rings is 2. The van der Waals surface area contributed by atoms with E-state index in [4.69, 9.17) is 9.84 Å². The number of allylic oxidation sites excluding steroid dienone is 1. The maximum atomic E-state index is 13.6. The number of nitrogens with zero attached hydrogens (tertiary/aromatic N) is 3. The van der Waals surface area contributed by atoms with Gasteiger partial charge >= 0.3 is 5.97 Å². The topological polar surface area (TPSA) is 69.0 Å². The molecule has 1 aromatic heterocycles. The fourth-order valence-corrected chi connectivity index (χ4v) is 4.67. The summed E-state index contributed by atoms with van der Waals surface area (Å²) in [5.41, 5.74) is 5.48. The monoisotopic (exact) mass is 452 g/mol. The van der Waals surface area contributed by atoms with Crippen molar-refractivity contribution in [2.45, 2.75) is 44.6 Å². The van der Waals surface area contributed by atoms with E-state index in [-0.39, 0.29) is 12.4 Å². The fourth-order valence-electron chi connectivity index (χ4n) is 3.77. The van der Waals surface area contributed by atoms with Crippen LogP contribution in [0.1, 0.15) is 42.1 Å². The molecule has 3 aromatic rings. The standard InChI is InChI=1S/C24H25FN4O2S/c1-5-31-22(30)20-16(4)26-23-27-24(32-13-18-7-6-14(2)12-15(18)3)28-29(23)21(20)17-8-10-19(25)11-9-17/h6-12,21H,5,13H2,1-4H3,(H,26,27,28). The first-order valence-electron chi connectivity index (χ1n) is 10.4. The Bertz CT molecular complexity index is 1190. The third-order valence-electron chi connectivity index (χ3n) is 5.37. The molecule has 1 atom stereocenters. The second-order valence-corrected chi connectivity index (χ2v) is 8.66. The van der Waals surface area contributed by atoms with Gasteiger partial charge in [-0.15, -0.1) is 5.10 Å². The van der Waals surface area contributed by atoms with Crippen LogP contribution in [-0.4, -0.2) is 27.3 Å². The van der Waals surface area contributed by atoms with Gasteiger partial charge < -0.3 is 10.1 Å². The van der Waals surface area contributed by atoms with Gasteiger partial charge in [0.2, 0.25) is 11.1 Å². The van der Waals surface area contributed by atoms with Crippen molar-refractivity contribution in [3.05, 3.63) is 81.8 Å². The lowest BCUT2D eigenvalue weighted by Gasteiger charge is -2.28. The van der Waals surface area contributed by atoms with Crippen LogP contribution < -0.4 is 5.32 Å². The first-order valence-corrected chi connectivity index (χ1v) is 11.4. The van der Waals surface area contributed by atoms with Crippen LogP contribution in [0.4, 0.5) is 10.3 Å². The highest BCUT2D eigenvalue weighted by atomic mass is 32.2. The highest BCUT2D eigenvalue weighted by molar-refractivity contribution is 7.98. The molecular formula is C24H25FN4O2S. The van der Waals surface area contributed by atoms with Gasteiger partial charge in [0, 0.05) is 11.4 Å². The summed E-state index contributed by atoms with van der Waals surface area (Å²) in [6.45, 7) is 8.00. The van der Waals surface area contributed by atoms with E-state index in [9.17, 15) is 9.18 Å². The van der Waals surface area contributed by atoms with E-state index >= 15 is 0 Å². The first kappa shape index (κ1) is 22.1. The molecule has 0 radical (unpaired) electrons. The number of rotatable bonds is 6. The SMILES string of the molecule is CCOC(=O)C1=C(C)Nc2nc(SCc3ccc(C)cc3C)nn2C1c1ccc(F)cc1. The quantitative estimate of drug-likeness (QED) is 0.411. The molecule has 0 bridgehead atoms. The van der Waals surface area contributed by atoms with Crippen molar-refractivity contribution in [1.82, 2.24) is 14.8 Å². The van der Waals surface area contributed by atoms with E-state index in [1.54, 1.807) is 23.7 Å². The van der Waals surface area contributed by atoms with Gasteiger partial charge in [0.25, 0.3) is 0 Å². The number of carbonyl (C=O) groups excluding carboxylic acids is 1. The average molecular weight is 453 g/mol. The third-order valence-corrected chi connectivity index (χ3v) is 6.26. The van der Waals surface area contributed by atoms with E-state index < -0.39 is 12.0 Å². The highest BCUT2D eigenvalue weighted by Crippen LogP contribution is 2.37. The number of aryl methyl sites for hydroxylation is 2. The summed E-state index contributed by atoms with van der Waals surface area (Å²) in [7, 11) is 0. The smallest absolute Gasteiger partial charge is 0.338 e. The number of hydrogen-bond acceptors (Lipinski definition) is 6. The molecule has 6 nitrogen and oxygen atoms in total. The number of esters is 1. The molecule has 1 aliphatic rings. The Morgan fingerprint density at radius 2 is 1.94 bits per heavy atom. The van der Waals surface area contributed by atoms with Gasteiger partial charge in [-0.3, -0.25) is 0 Å². The number of fused-ring (bicyclic) bond motifs is 1. The summed E-state index contributed by atoms with van der Waals surface area (Å²) in [5.74, 6) is 0.489. The summed E-state index contributed by atoms with van der Waals surface area (Å²) in [6, 6.07) is 11.9. The van der Waals surface area contributed by atoms with Crippen molar-refractivity contribution >= 4 is 23.7 Å². The Kier molecular flexibility index (Phi) is 6.32. The maximum absolute atomic E-state index is 13.6. The van der Waals surface area contributed by atoms with Gasteiger partial charge in [0.05, 0.1) is 12.2 Å². The third kappa shape index (κ3) is 4.41. The number of thioether (sulfide) groups is 1. The van der Waals surface area contributed by atoms with Crippen molar-refractivity contribution in [3.8, 4) is 0 Å². The zero-order valence-corrected chi connectivity index (χ0v) is 19.3. The zero-order chi connectivity index (χ0) is 22.8. The molecule has 0 aliphatic carbocycles. The summed E-state index contributed by atoms with van der Waals surface area (Å²) in [4.78, 5) is 17.4. The van der Waals surface area contributed by atoms with Crippen molar-refractivity contribution in [3.63, 3.8) is 0 Å². The molecule has 1 aliphatic heterocycles. The number of ether oxygens (including phenoxy) is 1. The Balaban J connectivity index is 1.68. The minimum atomic E-state index is -0.561. The van der Waals surface area contributed by atoms with Crippen LogP contribution in [-0.2, 0) is 15.3 Å². The average Bonchev–Trinajstić information content (AvgIpc) is 3.15. The van der Waals surface area contributed by atoms with Gasteiger partial charge in [-0.25, -0.2) is 13.9 Å². The molecule has 0 spiro atoms. The van der Waals surface area contributed by atoms with Gasteiger partial charge in [0.15, 0.2) is 0 Å². The fraction of sp³-hybridized carbons (Fsp3) is 0.292. The van der Waals surface area contributed by atoms with Crippen LogP contribution in [0.15, 0.2) is 58.9 Å². The number of anilines is 1. The number of aromatic nitrogens is 3. The van der Waals surface area contributed by atoms with Gasteiger partial charge in [-0.05, 0) is 56.5 Å². The van der Waals surface area contributed by atoms with Crippen LogP contribution in [0.5, 0.6) is 0 Å². The molecule has 2 aromatic carbocycles. The molecule has 4 rings (SSSR count). The van der Waals surface area contributed by atoms with Gasteiger partial charge in [0.1, 0.15) is 11.9 Å². The van der Waals surface area contributed by atoms with E-state index in [2.05, 4.69) is 42.3 Å². The summed E-state index contributed by atoms with van der Waals surface area (Å²) < 4.78 is 20.5. The van der Waals surface area contributed by atoms with Crippen molar-refractivity contribution < 1.29 is 13.9 Å². The minimum absolute atomic E-state index is 0.257. The molecule has 166 valence electrons. The Morgan fingerprint density at radius 3 is 2.62 bits per heavy atom. The molecule has 1 unspecified atom stereocenters. The van der Waals surface area contributed by atoms with E-state index in [0.717, 1.165) is 11.3 Å². The molecule has 0 saturated carbocycles. The van der Waals surface area contributed by atoms with Crippen LogP contribution in [0.2, 0.25) is 0 Å². The van der Waals surface area contributed by atoms with E-state index in [1.165, 1.54) is 40.6 Å². The van der Waals surface area contributed by atoms with E-state index in [0.29, 0.717) is 22.4 Å². The predicted molar refractivity (Wildman–Crippen MR) is 123 cm³/mol. The van der Waals surface area contributed by atoms with Crippen LogP contribution in [0.25, 0.3) is 0 Å². The van der Waals surface area contributed by atoms with Crippen molar-refractivity contribution in [1.29, 1.82) is 0 Å². The Hall–Kier alpha value is -3.13. The number of nitrogens with one attached hydrogen (secondary N) is 1. The lowest BCUT2D eigenvalue weighted by atomic mass is 9.96. The maximum Gasteiger partial charge on any atom is 0.338 e. The first-order chi connectivity index (χ1) is 15.4. The largest absolute Gasteiger partial charge is 0.463 e. The van der Waals surface area contributed by atoms with Crippen LogP contribution in [0, 0.1) is 19.7 Å². The molecule has 8 heteroatoms. The number of carbonyl (C=O) groups is 1. The Morgan fingerprint density at radius 1 is 1.19 bits per heavy atom. The van der Waals surface area contributed by atoms with Crippen molar-refractivity contribution in [2.75, 3.05) is 11.9 Å². The summed E-state index contributed by atoms with van der Waals surface area (Å²) >= 11 is 1.53. The van der Waals surface area contributed by atoms with Crippen molar-refractivity contribution in [2.24, 2.45) is 0 Å². The highest BCUT2D eigenvalue weighted by Gasteiger charge is 2.35. The van der Waals surface area contributed by atoms with Gasteiger partial charge in [-0.1, -0.05) is 47.7 Å². The lowest BCUT2D eigenvalue weighted by Crippen LogP contribution is -2.29. The molecule has 0 saturated heterocycles. The number of hydrogen-bond donors (Lipinski definition) is 1. The second-order valence-electron chi connectivity index (χ2n) is 7.72. The predicted octanol–water partition coefficient (Wildman–Crippen LogP) is 5.18. The molecule has 1 N–H and O–H groups in total. The molecular weight excluding hydrogens is 427 g/mol. The van der Waals surface area contributed by atoms with Crippen LogP contribution in [0.3, 0.4) is 0 Å². The minimum Gasteiger partial charge on any atom is -0.463 e. The lowest BCUT2D eigenvalue weighted by molar-refractivity contribution is -0.139. The number of halogens is 1. The summed E-state index contributed by atoms with van der Waals surface area (Å²) in [6.07, 6.45) is 0.